The summed E-state index contributed by atoms with van der Waals surface area (Å²) in [4.78, 5) is 25.8. The van der Waals surface area contributed by atoms with E-state index in [2.05, 4.69) is 0 Å². The molecule has 0 aromatic carbocycles. The van der Waals surface area contributed by atoms with Crippen molar-refractivity contribution in [3.63, 3.8) is 0 Å². The van der Waals surface area contributed by atoms with Crippen molar-refractivity contribution in [2.24, 2.45) is 0 Å². The summed E-state index contributed by atoms with van der Waals surface area (Å²) in [6, 6.07) is 0. The Labute approximate surface area is 97.0 Å². The van der Waals surface area contributed by atoms with Gasteiger partial charge in [0.25, 0.3) is 0 Å². The molecular weight excluding hydrogens is 208 g/mol. The number of carbonyl (C=O) groups excluding carboxylic acids is 1. The fourth-order valence-electron chi connectivity index (χ4n) is 1.59. The number of hydrogen-bond donors (Lipinski definition) is 1. The second kappa shape index (κ2) is 8.10. The third-order valence-electron chi connectivity index (χ3n) is 2.37. The van der Waals surface area contributed by atoms with Crippen LogP contribution in [0.2, 0.25) is 0 Å². The summed E-state index contributed by atoms with van der Waals surface area (Å²) < 4.78 is 0. The third-order valence-corrected chi connectivity index (χ3v) is 2.37. The topological polar surface area (TPSA) is 60.9 Å². The molecule has 0 fully saturated rings. The molecule has 0 aromatic heterocycles. The molecule has 0 saturated carbocycles. The molecule has 0 radical (unpaired) electrons. The van der Waals surface area contributed by atoms with Gasteiger partial charge in [-0.1, -0.05) is 6.92 Å². The molecule has 0 aliphatic carbocycles. The van der Waals surface area contributed by atoms with Gasteiger partial charge >= 0.3 is 5.97 Å². The molecule has 0 aliphatic rings. The molecule has 0 rings (SSSR count). The fraction of sp³-hybridized carbons (Fsp3) is 0.818. The van der Waals surface area contributed by atoms with Crippen LogP contribution >= 0.6 is 0 Å². The molecule has 1 amide bonds. The van der Waals surface area contributed by atoms with Crippen LogP contribution < -0.4 is 0 Å². The van der Waals surface area contributed by atoms with Gasteiger partial charge in [0.15, 0.2) is 0 Å². The van der Waals surface area contributed by atoms with E-state index >= 15 is 0 Å². The highest BCUT2D eigenvalue weighted by molar-refractivity contribution is 5.79. The zero-order valence-electron chi connectivity index (χ0n) is 10.4. The predicted molar refractivity (Wildman–Crippen MR) is 62.3 cm³/mol. The van der Waals surface area contributed by atoms with Crippen molar-refractivity contribution >= 4 is 11.9 Å². The van der Waals surface area contributed by atoms with E-state index in [0.29, 0.717) is 19.6 Å². The SMILES string of the molecule is CCCN(CC(=O)O)CC(=O)N(CC)CC. The molecule has 0 aromatic rings. The zero-order chi connectivity index (χ0) is 12.6. The van der Waals surface area contributed by atoms with Crippen LogP contribution in [0.4, 0.5) is 0 Å². The average Bonchev–Trinajstić information content (AvgIpc) is 2.18. The van der Waals surface area contributed by atoms with Crippen molar-refractivity contribution in [1.82, 2.24) is 9.80 Å². The minimum atomic E-state index is -0.888. The lowest BCUT2D eigenvalue weighted by molar-refractivity contribution is -0.139. The van der Waals surface area contributed by atoms with Gasteiger partial charge < -0.3 is 10.0 Å². The fourth-order valence-corrected chi connectivity index (χ4v) is 1.59. The number of carbonyl (C=O) groups is 2. The largest absolute Gasteiger partial charge is 0.480 e. The van der Waals surface area contributed by atoms with E-state index in [4.69, 9.17) is 5.11 Å². The molecular formula is C11H22N2O3. The summed E-state index contributed by atoms with van der Waals surface area (Å²) in [5.41, 5.74) is 0. The molecule has 5 heteroatoms. The van der Waals surface area contributed by atoms with Gasteiger partial charge in [0.1, 0.15) is 0 Å². The van der Waals surface area contributed by atoms with E-state index in [0.717, 1.165) is 6.42 Å². The van der Waals surface area contributed by atoms with E-state index in [1.807, 2.05) is 20.8 Å². The van der Waals surface area contributed by atoms with Crippen LogP contribution in [0.3, 0.4) is 0 Å². The number of amides is 1. The van der Waals surface area contributed by atoms with Gasteiger partial charge in [0, 0.05) is 13.1 Å². The molecule has 94 valence electrons. The second-order valence-electron chi connectivity index (χ2n) is 3.67. The molecule has 0 heterocycles. The summed E-state index contributed by atoms with van der Waals surface area (Å²) in [7, 11) is 0. The lowest BCUT2D eigenvalue weighted by atomic mass is 10.3. The van der Waals surface area contributed by atoms with Gasteiger partial charge in [-0.25, -0.2) is 0 Å². The molecule has 0 spiro atoms. The molecule has 0 bridgehead atoms. The number of carboxylic acid groups (broad SMARTS) is 1. The zero-order valence-corrected chi connectivity index (χ0v) is 10.4. The van der Waals surface area contributed by atoms with Crippen LogP contribution in [0, 0.1) is 0 Å². The summed E-state index contributed by atoms with van der Waals surface area (Å²) in [6.45, 7) is 7.91. The molecule has 1 N–H and O–H groups in total. The molecule has 0 atom stereocenters. The normalized spacial score (nSPS) is 10.5. The van der Waals surface area contributed by atoms with E-state index < -0.39 is 5.97 Å². The van der Waals surface area contributed by atoms with Gasteiger partial charge in [0.05, 0.1) is 13.1 Å². The van der Waals surface area contributed by atoms with Crippen molar-refractivity contribution < 1.29 is 14.7 Å². The number of hydrogen-bond acceptors (Lipinski definition) is 3. The highest BCUT2D eigenvalue weighted by Crippen LogP contribution is 1.96. The number of likely N-dealkylation sites (N-methyl/N-ethyl adjacent to an activating group) is 1. The van der Waals surface area contributed by atoms with Gasteiger partial charge in [-0.15, -0.1) is 0 Å². The van der Waals surface area contributed by atoms with Crippen LogP contribution in [0.15, 0.2) is 0 Å². The Morgan fingerprint density at radius 1 is 1.06 bits per heavy atom. The van der Waals surface area contributed by atoms with E-state index in [1.54, 1.807) is 9.80 Å². The molecule has 0 unspecified atom stereocenters. The van der Waals surface area contributed by atoms with E-state index in [1.165, 1.54) is 0 Å². The highest BCUT2D eigenvalue weighted by Gasteiger charge is 2.16. The van der Waals surface area contributed by atoms with Gasteiger partial charge in [-0.2, -0.15) is 0 Å². The average molecular weight is 230 g/mol. The van der Waals surface area contributed by atoms with E-state index in [9.17, 15) is 9.59 Å². The number of rotatable bonds is 8. The Hall–Kier alpha value is -1.10. The highest BCUT2D eigenvalue weighted by atomic mass is 16.4. The Bertz CT molecular complexity index is 227. The van der Waals surface area contributed by atoms with Crippen LogP contribution in [0.5, 0.6) is 0 Å². The Morgan fingerprint density at radius 3 is 2.00 bits per heavy atom. The summed E-state index contributed by atoms with van der Waals surface area (Å²) in [5.74, 6) is -0.888. The first-order valence-corrected chi connectivity index (χ1v) is 5.77. The lowest BCUT2D eigenvalue weighted by Gasteiger charge is -2.24. The van der Waals surface area contributed by atoms with Crippen molar-refractivity contribution in [2.45, 2.75) is 27.2 Å². The molecule has 5 nitrogen and oxygen atoms in total. The van der Waals surface area contributed by atoms with Gasteiger partial charge in [0.2, 0.25) is 5.91 Å². The Morgan fingerprint density at radius 2 is 1.62 bits per heavy atom. The second-order valence-corrected chi connectivity index (χ2v) is 3.67. The minimum Gasteiger partial charge on any atom is -0.480 e. The van der Waals surface area contributed by atoms with Gasteiger partial charge in [-0.05, 0) is 26.8 Å². The predicted octanol–water partition coefficient (Wildman–Crippen LogP) is 0.651. The first kappa shape index (κ1) is 14.9. The minimum absolute atomic E-state index is 0.000278. The van der Waals surface area contributed by atoms with Crippen molar-refractivity contribution in [2.75, 3.05) is 32.7 Å². The maximum atomic E-state index is 11.8. The standard InChI is InChI=1S/C11H22N2O3/c1-4-7-12(9-11(15)16)8-10(14)13(5-2)6-3/h4-9H2,1-3H3,(H,15,16). The molecule has 0 saturated heterocycles. The van der Waals surface area contributed by atoms with Crippen molar-refractivity contribution in [3.05, 3.63) is 0 Å². The smallest absolute Gasteiger partial charge is 0.317 e. The number of carboxylic acids is 1. The monoisotopic (exact) mass is 230 g/mol. The Kier molecular flexibility index (Phi) is 7.54. The van der Waals surface area contributed by atoms with Crippen LogP contribution in [0.25, 0.3) is 0 Å². The van der Waals surface area contributed by atoms with Crippen LogP contribution in [-0.4, -0.2) is 59.5 Å². The summed E-state index contributed by atoms with van der Waals surface area (Å²) in [6.07, 6.45) is 0.846. The van der Waals surface area contributed by atoms with Crippen molar-refractivity contribution in [3.8, 4) is 0 Å². The number of aliphatic carboxylic acids is 1. The lowest BCUT2D eigenvalue weighted by Crippen LogP contribution is -2.42. The quantitative estimate of drug-likeness (QED) is 0.665. The van der Waals surface area contributed by atoms with Crippen LogP contribution in [0.1, 0.15) is 27.2 Å². The molecule has 0 aliphatic heterocycles. The van der Waals surface area contributed by atoms with Gasteiger partial charge in [-0.3, -0.25) is 14.5 Å². The summed E-state index contributed by atoms with van der Waals surface area (Å²) in [5, 5.41) is 8.71. The van der Waals surface area contributed by atoms with Crippen LogP contribution in [-0.2, 0) is 9.59 Å². The number of nitrogens with zero attached hydrogens (tertiary/aromatic N) is 2. The maximum absolute atomic E-state index is 11.8. The first-order chi connectivity index (χ1) is 7.54. The van der Waals surface area contributed by atoms with Crippen molar-refractivity contribution in [1.29, 1.82) is 0 Å². The summed E-state index contributed by atoms with van der Waals surface area (Å²) >= 11 is 0. The third kappa shape index (κ3) is 5.70. The maximum Gasteiger partial charge on any atom is 0.317 e. The Balaban J connectivity index is 4.26. The van der Waals surface area contributed by atoms with E-state index in [-0.39, 0.29) is 19.0 Å². The first-order valence-electron chi connectivity index (χ1n) is 5.77. The molecule has 16 heavy (non-hydrogen) atoms.